The number of pyridine rings is 1. The van der Waals surface area contributed by atoms with Crippen molar-refractivity contribution in [3.63, 3.8) is 0 Å². The molecule has 0 saturated carbocycles. The fourth-order valence-corrected chi connectivity index (χ4v) is 2.83. The molecule has 2 aromatic rings. The Hall–Kier alpha value is -1.94. The first-order valence-corrected chi connectivity index (χ1v) is 7.56. The van der Waals surface area contributed by atoms with Gasteiger partial charge >= 0.3 is 0 Å². The lowest BCUT2D eigenvalue weighted by molar-refractivity contribution is -0.127. The van der Waals surface area contributed by atoms with Gasteiger partial charge in [-0.3, -0.25) is 9.78 Å². The van der Waals surface area contributed by atoms with Crippen molar-refractivity contribution in [2.24, 2.45) is 0 Å². The van der Waals surface area contributed by atoms with E-state index in [0.29, 0.717) is 18.4 Å². The Bertz CT molecular complexity index is 641. The Morgan fingerprint density at radius 2 is 2.24 bits per heavy atom. The van der Waals surface area contributed by atoms with E-state index in [1.54, 1.807) is 0 Å². The molecule has 4 heteroatoms. The van der Waals surface area contributed by atoms with E-state index in [0.717, 1.165) is 31.4 Å². The van der Waals surface area contributed by atoms with E-state index in [1.807, 2.05) is 23.4 Å². The summed E-state index contributed by atoms with van der Waals surface area (Å²) in [6.07, 6.45) is 5.42. The fraction of sp³-hybridized carbons (Fsp3) is 0.412. The van der Waals surface area contributed by atoms with E-state index in [2.05, 4.69) is 35.4 Å². The molecule has 1 aliphatic rings. The number of rotatable bonds is 5. The van der Waals surface area contributed by atoms with Crippen LogP contribution in [0, 0.1) is 0 Å². The maximum Gasteiger partial charge on any atom is 0.222 e. The van der Waals surface area contributed by atoms with Crippen LogP contribution in [-0.2, 0) is 11.3 Å². The highest BCUT2D eigenvalue weighted by Gasteiger charge is 2.21. The molecule has 21 heavy (non-hydrogen) atoms. The van der Waals surface area contributed by atoms with Gasteiger partial charge in [0.25, 0.3) is 0 Å². The molecule has 1 aliphatic heterocycles. The highest BCUT2D eigenvalue weighted by molar-refractivity contribution is 5.82. The maximum atomic E-state index is 11.6. The second-order valence-corrected chi connectivity index (χ2v) is 5.78. The second kappa shape index (κ2) is 6.22. The predicted octanol–water partition coefficient (Wildman–Crippen LogP) is 2.34. The molecule has 0 radical (unpaired) electrons. The Kier molecular flexibility index (Phi) is 4.15. The van der Waals surface area contributed by atoms with Gasteiger partial charge in [0.2, 0.25) is 5.91 Å². The third kappa shape index (κ3) is 3.39. The minimum Gasteiger partial charge on any atom is -0.341 e. The summed E-state index contributed by atoms with van der Waals surface area (Å²) in [7, 11) is 0. The molecule has 1 atom stereocenters. The molecule has 0 spiro atoms. The molecule has 1 unspecified atom stereocenters. The zero-order valence-electron chi connectivity index (χ0n) is 12.4. The van der Waals surface area contributed by atoms with Gasteiger partial charge in [0.05, 0.1) is 0 Å². The lowest BCUT2D eigenvalue weighted by atomic mass is 10.1. The largest absolute Gasteiger partial charge is 0.341 e. The van der Waals surface area contributed by atoms with Gasteiger partial charge in [0, 0.05) is 49.9 Å². The van der Waals surface area contributed by atoms with Gasteiger partial charge in [-0.05, 0) is 36.4 Å². The van der Waals surface area contributed by atoms with Crippen LogP contribution in [0.2, 0.25) is 0 Å². The zero-order valence-corrected chi connectivity index (χ0v) is 12.4. The van der Waals surface area contributed by atoms with Crippen LogP contribution in [0.4, 0.5) is 0 Å². The molecule has 1 aromatic heterocycles. The number of benzene rings is 1. The van der Waals surface area contributed by atoms with Gasteiger partial charge in [-0.15, -0.1) is 0 Å². The maximum absolute atomic E-state index is 11.6. The Morgan fingerprint density at radius 3 is 3.05 bits per heavy atom. The minimum absolute atomic E-state index is 0.293. The van der Waals surface area contributed by atoms with Gasteiger partial charge in [-0.25, -0.2) is 0 Å². The first kappa shape index (κ1) is 14.0. The van der Waals surface area contributed by atoms with E-state index >= 15 is 0 Å². The molecule has 0 aliphatic carbocycles. The molecular formula is C17H21N3O. The van der Waals surface area contributed by atoms with Gasteiger partial charge < -0.3 is 10.2 Å². The molecule has 1 fully saturated rings. The summed E-state index contributed by atoms with van der Waals surface area (Å²) in [5.41, 5.74) is 1.26. The van der Waals surface area contributed by atoms with Crippen molar-refractivity contribution in [1.29, 1.82) is 0 Å². The smallest absolute Gasteiger partial charge is 0.222 e. The standard InChI is InChI=1S/C17H21N3O/c1-13(12-20-8-2-3-17(20)21)19-10-14-4-5-16-11-18-7-6-15(16)9-14/h4-7,9,11,13,19H,2-3,8,10,12H2,1H3. The van der Waals surface area contributed by atoms with E-state index in [1.165, 1.54) is 10.9 Å². The molecule has 3 rings (SSSR count). The number of nitrogens with one attached hydrogen (secondary N) is 1. The normalized spacial score (nSPS) is 16.6. The summed E-state index contributed by atoms with van der Waals surface area (Å²) < 4.78 is 0. The van der Waals surface area contributed by atoms with Crippen molar-refractivity contribution < 1.29 is 4.79 Å². The van der Waals surface area contributed by atoms with Crippen LogP contribution in [0.3, 0.4) is 0 Å². The van der Waals surface area contributed by atoms with Crippen molar-refractivity contribution in [1.82, 2.24) is 15.2 Å². The Morgan fingerprint density at radius 1 is 1.33 bits per heavy atom. The topological polar surface area (TPSA) is 45.2 Å². The van der Waals surface area contributed by atoms with Crippen molar-refractivity contribution >= 4 is 16.7 Å². The highest BCUT2D eigenvalue weighted by Crippen LogP contribution is 2.15. The van der Waals surface area contributed by atoms with Crippen LogP contribution in [0.1, 0.15) is 25.3 Å². The van der Waals surface area contributed by atoms with Crippen LogP contribution in [-0.4, -0.2) is 34.9 Å². The molecule has 2 heterocycles. The van der Waals surface area contributed by atoms with Crippen molar-refractivity contribution in [3.8, 4) is 0 Å². The van der Waals surface area contributed by atoms with E-state index < -0.39 is 0 Å². The average molecular weight is 283 g/mol. The number of hydrogen-bond acceptors (Lipinski definition) is 3. The molecule has 1 amide bonds. The van der Waals surface area contributed by atoms with Crippen LogP contribution >= 0.6 is 0 Å². The predicted molar refractivity (Wildman–Crippen MR) is 83.9 cm³/mol. The fourth-order valence-electron chi connectivity index (χ4n) is 2.83. The summed E-state index contributed by atoms with van der Waals surface area (Å²) in [5, 5.41) is 5.88. The number of likely N-dealkylation sites (tertiary alicyclic amines) is 1. The van der Waals surface area contributed by atoms with Crippen LogP contribution in [0.25, 0.3) is 10.8 Å². The number of fused-ring (bicyclic) bond motifs is 1. The number of hydrogen-bond donors (Lipinski definition) is 1. The summed E-state index contributed by atoms with van der Waals surface area (Å²) in [5.74, 6) is 0.293. The van der Waals surface area contributed by atoms with Gasteiger partial charge in [0.1, 0.15) is 0 Å². The number of nitrogens with zero attached hydrogens (tertiary/aromatic N) is 2. The van der Waals surface area contributed by atoms with Gasteiger partial charge in [0.15, 0.2) is 0 Å². The third-order valence-corrected chi connectivity index (χ3v) is 4.03. The molecule has 4 nitrogen and oxygen atoms in total. The van der Waals surface area contributed by atoms with Crippen molar-refractivity contribution in [2.75, 3.05) is 13.1 Å². The molecular weight excluding hydrogens is 262 g/mol. The molecule has 1 saturated heterocycles. The lowest BCUT2D eigenvalue weighted by Gasteiger charge is -2.21. The van der Waals surface area contributed by atoms with Crippen LogP contribution < -0.4 is 5.32 Å². The number of aromatic nitrogens is 1. The Labute approximate surface area is 125 Å². The number of amides is 1. The van der Waals surface area contributed by atoms with Crippen molar-refractivity contribution in [2.45, 2.75) is 32.4 Å². The first-order valence-electron chi connectivity index (χ1n) is 7.56. The number of carbonyl (C=O) groups is 1. The van der Waals surface area contributed by atoms with Gasteiger partial charge in [-0.1, -0.05) is 12.1 Å². The lowest BCUT2D eigenvalue weighted by Crippen LogP contribution is -2.39. The zero-order chi connectivity index (χ0) is 14.7. The van der Waals surface area contributed by atoms with Crippen LogP contribution in [0.15, 0.2) is 36.7 Å². The molecule has 1 N–H and O–H groups in total. The summed E-state index contributed by atoms with van der Waals surface area (Å²) in [4.78, 5) is 17.7. The number of carbonyl (C=O) groups excluding carboxylic acids is 1. The molecule has 110 valence electrons. The van der Waals surface area contributed by atoms with Gasteiger partial charge in [-0.2, -0.15) is 0 Å². The van der Waals surface area contributed by atoms with E-state index in [-0.39, 0.29) is 0 Å². The highest BCUT2D eigenvalue weighted by atomic mass is 16.2. The quantitative estimate of drug-likeness (QED) is 0.916. The SMILES string of the molecule is CC(CN1CCCC1=O)NCc1ccc2cnccc2c1. The average Bonchev–Trinajstić information content (AvgIpc) is 2.90. The molecule has 1 aromatic carbocycles. The second-order valence-electron chi connectivity index (χ2n) is 5.78. The summed E-state index contributed by atoms with van der Waals surface area (Å²) in [6, 6.07) is 8.77. The monoisotopic (exact) mass is 283 g/mol. The Balaban J connectivity index is 1.56. The van der Waals surface area contributed by atoms with E-state index in [9.17, 15) is 4.79 Å². The summed E-state index contributed by atoms with van der Waals surface area (Å²) >= 11 is 0. The molecule has 0 bridgehead atoms. The summed E-state index contributed by atoms with van der Waals surface area (Å²) in [6.45, 7) is 4.67. The van der Waals surface area contributed by atoms with Crippen molar-refractivity contribution in [3.05, 3.63) is 42.2 Å². The minimum atomic E-state index is 0.293. The first-order chi connectivity index (χ1) is 10.2. The van der Waals surface area contributed by atoms with Crippen LogP contribution in [0.5, 0.6) is 0 Å². The van der Waals surface area contributed by atoms with E-state index in [4.69, 9.17) is 0 Å². The third-order valence-electron chi connectivity index (χ3n) is 4.03.